The molecule has 2 aromatic rings. The van der Waals surface area contributed by atoms with Gasteiger partial charge in [-0.05, 0) is 25.1 Å². The van der Waals surface area contributed by atoms with Crippen LogP contribution >= 0.6 is 23.2 Å². The molecule has 1 aromatic heterocycles. The average Bonchev–Trinajstić information content (AvgIpc) is 2.54. The van der Waals surface area contributed by atoms with Gasteiger partial charge in [-0.1, -0.05) is 29.3 Å². The van der Waals surface area contributed by atoms with Gasteiger partial charge < -0.3 is 0 Å². The number of hydrogen-bond acceptors (Lipinski definition) is 2. The molecule has 0 aliphatic rings. The first-order valence-corrected chi connectivity index (χ1v) is 5.30. The summed E-state index contributed by atoms with van der Waals surface area (Å²) < 4.78 is 1.50. The first kappa shape index (κ1) is 11.0. The van der Waals surface area contributed by atoms with Crippen LogP contribution in [0.2, 0.25) is 10.2 Å². The summed E-state index contributed by atoms with van der Waals surface area (Å²) in [7, 11) is 0. The lowest BCUT2D eigenvalue weighted by Gasteiger charge is -2.02. The monoisotopic (exact) mass is 251 g/mol. The van der Waals surface area contributed by atoms with Gasteiger partial charge in [0.1, 0.15) is 11.6 Å². The highest BCUT2D eigenvalue weighted by molar-refractivity contribution is 6.31. The molecule has 0 aliphatic carbocycles. The number of aryl methyl sites for hydroxylation is 1. The zero-order valence-electron chi connectivity index (χ0n) is 8.41. The molecule has 0 aliphatic heterocycles. The molecule has 1 aromatic carbocycles. The van der Waals surface area contributed by atoms with Crippen molar-refractivity contribution < 1.29 is 0 Å². The predicted octanol–water partition coefficient (Wildman–Crippen LogP) is 3.36. The van der Waals surface area contributed by atoms with Crippen LogP contribution in [0, 0.1) is 18.3 Å². The molecule has 0 radical (unpaired) electrons. The third kappa shape index (κ3) is 1.78. The summed E-state index contributed by atoms with van der Waals surface area (Å²) in [6.45, 7) is 1.74. The second kappa shape index (κ2) is 4.17. The Labute approximate surface area is 103 Å². The number of benzene rings is 1. The van der Waals surface area contributed by atoms with Crippen molar-refractivity contribution in [3.63, 3.8) is 0 Å². The molecule has 16 heavy (non-hydrogen) atoms. The standard InChI is InChI=1S/C11H7Cl2N3/c1-7-10(6-14)11(13)16(15-7)9-4-2-3-8(12)5-9/h2-5H,1H3. The lowest BCUT2D eigenvalue weighted by Crippen LogP contribution is -1.96. The number of halogens is 2. The van der Waals surface area contributed by atoms with E-state index in [1.54, 1.807) is 25.1 Å². The topological polar surface area (TPSA) is 41.6 Å². The molecule has 0 amide bonds. The van der Waals surface area contributed by atoms with Crippen molar-refractivity contribution >= 4 is 23.2 Å². The van der Waals surface area contributed by atoms with Gasteiger partial charge in [0.25, 0.3) is 0 Å². The maximum absolute atomic E-state index is 8.90. The normalized spacial score (nSPS) is 10.1. The van der Waals surface area contributed by atoms with Crippen molar-refractivity contribution in [2.45, 2.75) is 6.92 Å². The molecule has 0 atom stereocenters. The molecule has 2 rings (SSSR count). The Kier molecular flexibility index (Phi) is 2.86. The van der Waals surface area contributed by atoms with Gasteiger partial charge in [-0.15, -0.1) is 0 Å². The average molecular weight is 252 g/mol. The van der Waals surface area contributed by atoms with Crippen molar-refractivity contribution in [3.8, 4) is 11.8 Å². The SMILES string of the molecule is Cc1nn(-c2cccc(Cl)c2)c(Cl)c1C#N. The van der Waals surface area contributed by atoms with Crippen molar-refractivity contribution in [1.82, 2.24) is 9.78 Å². The van der Waals surface area contributed by atoms with Crippen molar-refractivity contribution in [2.75, 3.05) is 0 Å². The molecule has 0 spiro atoms. The van der Waals surface area contributed by atoms with E-state index in [2.05, 4.69) is 5.10 Å². The maximum atomic E-state index is 8.90. The molecule has 0 saturated heterocycles. The van der Waals surface area contributed by atoms with Gasteiger partial charge in [-0.25, -0.2) is 4.68 Å². The van der Waals surface area contributed by atoms with E-state index < -0.39 is 0 Å². The minimum absolute atomic E-state index is 0.308. The Morgan fingerprint density at radius 2 is 2.12 bits per heavy atom. The molecule has 5 heteroatoms. The lowest BCUT2D eigenvalue weighted by molar-refractivity contribution is 0.863. The number of nitriles is 1. The van der Waals surface area contributed by atoms with Crippen LogP contribution in [-0.4, -0.2) is 9.78 Å². The molecule has 3 nitrogen and oxygen atoms in total. The number of nitrogens with zero attached hydrogens (tertiary/aromatic N) is 3. The second-order valence-corrected chi connectivity index (χ2v) is 4.05. The quantitative estimate of drug-likeness (QED) is 0.780. The van der Waals surface area contributed by atoms with E-state index in [1.807, 2.05) is 12.1 Å². The van der Waals surface area contributed by atoms with Crippen LogP contribution in [0.25, 0.3) is 5.69 Å². The maximum Gasteiger partial charge on any atom is 0.150 e. The van der Waals surface area contributed by atoms with Crippen LogP contribution in [0.5, 0.6) is 0 Å². The van der Waals surface area contributed by atoms with Crippen molar-refractivity contribution in [2.24, 2.45) is 0 Å². The van der Waals surface area contributed by atoms with E-state index in [0.717, 1.165) is 5.69 Å². The van der Waals surface area contributed by atoms with Gasteiger partial charge in [0.15, 0.2) is 5.15 Å². The van der Waals surface area contributed by atoms with Crippen LogP contribution < -0.4 is 0 Å². The van der Waals surface area contributed by atoms with Gasteiger partial charge in [0.2, 0.25) is 0 Å². The summed E-state index contributed by atoms with van der Waals surface area (Å²) >= 11 is 11.9. The van der Waals surface area contributed by atoms with E-state index in [1.165, 1.54) is 4.68 Å². The summed E-state index contributed by atoms with van der Waals surface area (Å²) in [5, 5.41) is 14.0. The highest BCUT2D eigenvalue weighted by Gasteiger charge is 2.13. The fourth-order valence-electron chi connectivity index (χ4n) is 1.41. The summed E-state index contributed by atoms with van der Waals surface area (Å²) in [5.41, 5.74) is 1.73. The number of rotatable bonds is 1. The van der Waals surface area contributed by atoms with E-state index >= 15 is 0 Å². The molecule has 0 unspecified atom stereocenters. The van der Waals surface area contributed by atoms with Gasteiger partial charge in [-0.2, -0.15) is 10.4 Å². The van der Waals surface area contributed by atoms with Gasteiger partial charge >= 0.3 is 0 Å². The predicted molar refractivity (Wildman–Crippen MR) is 63.0 cm³/mol. The van der Waals surface area contributed by atoms with Gasteiger partial charge in [0, 0.05) is 5.02 Å². The molecular weight excluding hydrogens is 245 g/mol. The molecule has 0 N–H and O–H groups in total. The zero-order chi connectivity index (χ0) is 11.7. The molecule has 0 saturated carbocycles. The largest absolute Gasteiger partial charge is 0.220 e. The third-order valence-corrected chi connectivity index (χ3v) is 2.75. The van der Waals surface area contributed by atoms with Crippen LogP contribution in [0.3, 0.4) is 0 Å². The number of hydrogen-bond donors (Lipinski definition) is 0. The van der Waals surface area contributed by atoms with E-state index in [0.29, 0.717) is 21.4 Å². The summed E-state index contributed by atoms with van der Waals surface area (Å²) in [6, 6.07) is 9.15. The fraction of sp³-hybridized carbons (Fsp3) is 0.0909. The third-order valence-electron chi connectivity index (χ3n) is 2.17. The Hall–Kier alpha value is -1.50. The molecule has 0 bridgehead atoms. The van der Waals surface area contributed by atoms with E-state index in [-0.39, 0.29) is 0 Å². The fourth-order valence-corrected chi connectivity index (χ4v) is 1.90. The second-order valence-electron chi connectivity index (χ2n) is 3.25. The summed E-state index contributed by atoms with van der Waals surface area (Å²) in [4.78, 5) is 0. The van der Waals surface area contributed by atoms with Crippen LogP contribution in [0.15, 0.2) is 24.3 Å². The first-order chi connectivity index (χ1) is 7.63. The zero-order valence-corrected chi connectivity index (χ0v) is 9.92. The minimum atomic E-state index is 0.308. The summed E-state index contributed by atoms with van der Waals surface area (Å²) in [6.07, 6.45) is 0. The molecule has 80 valence electrons. The number of aromatic nitrogens is 2. The minimum Gasteiger partial charge on any atom is -0.220 e. The summed E-state index contributed by atoms with van der Waals surface area (Å²) in [5.74, 6) is 0. The van der Waals surface area contributed by atoms with Crippen molar-refractivity contribution in [3.05, 3.63) is 45.7 Å². The van der Waals surface area contributed by atoms with Gasteiger partial charge in [-0.3, -0.25) is 0 Å². The van der Waals surface area contributed by atoms with Gasteiger partial charge in [0.05, 0.1) is 11.4 Å². The smallest absolute Gasteiger partial charge is 0.150 e. The lowest BCUT2D eigenvalue weighted by atomic mass is 10.3. The highest BCUT2D eigenvalue weighted by atomic mass is 35.5. The van der Waals surface area contributed by atoms with Crippen LogP contribution in [0.4, 0.5) is 0 Å². The Bertz CT molecular complexity index is 581. The Morgan fingerprint density at radius 3 is 2.69 bits per heavy atom. The van der Waals surface area contributed by atoms with Crippen LogP contribution in [-0.2, 0) is 0 Å². The Balaban J connectivity index is 2.62. The molecule has 1 heterocycles. The van der Waals surface area contributed by atoms with E-state index in [4.69, 9.17) is 28.5 Å². The van der Waals surface area contributed by atoms with E-state index in [9.17, 15) is 0 Å². The molecule has 0 fully saturated rings. The van der Waals surface area contributed by atoms with Crippen LogP contribution in [0.1, 0.15) is 11.3 Å². The Morgan fingerprint density at radius 1 is 1.38 bits per heavy atom. The first-order valence-electron chi connectivity index (χ1n) is 4.54. The highest BCUT2D eigenvalue weighted by Crippen LogP contribution is 2.23. The van der Waals surface area contributed by atoms with Crippen molar-refractivity contribution in [1.29, 1.82) is 5.26 Å². The molecular formula is C11H7Cl2N3.